The van der Waals surface area contributed by atoms with Gasteiger partial charge in [0.25, 0.3) is 0 Å². The maximum absolute atomic E-state index is 12.3. The van der Waals surface area contributed by atoms with Crippen LogP contribution in [-0.4, -0.2) is 49.3 Å². The fourth-order valence-corrected chi connectivity index (χ4v) is 3.30. The molecule has 1 aromatic carbocycles. The summed E-state index contributed by atoms with van der Waals surface area (Å²) < 4.78 is 0. The van der Waals surface area contributed by atoms with E-state index in [2.05, 4.69) is 22.5 Å². The number of nitrogens with one attached hydrogen (secondary N) is 2. The Morgan fingerprint density at radius 1 is 1.48 bits per heavy atom. The standard InChI is InChI=1S/C16H25N3OS/c1-3-10-19(13-8-9-17-11-13)12-16(20)18-14-6-4-5-7-15(14)21-2/h4-7,13,17H,3,8-12H2,1-2H3,(H,18,20). The van der Waals surface area contributed by atoms with Crippen molar-refractivity contribution in [3.8, 4) is 0 Å². The fraction of sp³-hybridized carbons (Fsp3) is 0.562. The van der Waals surface area contributed by atoms with Crippen LogP contribution in [0.1, 0.15) is 19.8 Å². The molecule has 0 spiro atoms. The van der Waals surface area contributed by atoms with E-state index >= 15 is 0 Å². The summed E-state index contributed by atoms with van der Waals surface area (Å²) >= 11 is 1.65. The first-order valence-corrected chi connectivity index (χ1v) is 8.84. The third kappa shape index (κ3) is 4.73. The summed E-state index contributed by atoms with van der Waals surface area (Å²) in [5.41, 5.74) is 0.913. The highest BCUT2D eigenvalue weighted by molar-refractivity contribution is 7.98. The van der Waals surface area contributed by atoms with E-state index in [4.69, 9.17) is 0 Å². The van der Waals surface area contributed by atoms with Crippen molar-refractivity contribution in [2.24, 2.45) is 0 Å². The molecular weight excluding hydrogens is 282 g/mol. The lowest BCUT2D eigenvalue weighted by Crippen LogP contribution is -2.42. The molecule has 2 rings (SSSR count). The number of nitrogens with zero attached hydrogens (tertiary/aromatic N) is 1. The molecule has 0 aromatic heterocycles. The highest BCUT2D eigenvalue weighted by Crippen LogP contribution is 2.24. The van der Waals surface area contributed by atoms with Gasteiger partial charge in [-0.25, -0.2) is 0 Å². The number of hydrogen-bond donors (Lipinski definition) is 2. The van der Waals surface area contributed by atoms with E-state index in [-0.39, 0.29) is 5.91 Å². The predicted octanol–water partition coefficient (Wildman–Crippen LogP) is 2.42. The Bertz CT molecular complexity index is 461. The maximum Gasteiger partial charge on any atom is 0.238 e. The van der Waals surface area contributed by atoms with E-state index in [9.17, 15) is 4.79 Å². The zero-order valence-electron chi connectivity index (χ0n) is 12.9. The molecule has 116 valence electrons. The maximum atomic E-state index is 12.3. The van der Waals surface area contributed by atoms with Crippen LogP contribution in [0.15, 0.2) is 29.2 Å². The summed E-state index contributed by atoms with van der Waals surface area (Å²) in [7, 11) is 0. The van der Waals surface area contributed by atoms with E-state index in [1.807, 2.05) is 30.5 Å². The zero-order chi connectivity index (χ0) is 15.1. The van der Waals surface area contributed by atoms with Crippen LogP contribution in [0.25, 0.3) is 0 Å². The molecule has 1 unspecified atom stereocenters. The summed E-state index contributed by atoms with van der Waals surface area (Å²) in [4.78, 5) is 15.7. The van der Waals surface area contributed by atoms with Gasteiger partial charge >= 0.3 is 0 Å². The average Bonchev–Trinajstić information content (AvgIpc) is 3.01. The topological polar surface area (TPSA) is 44.4 Å². The SMILES string of the molecule is CCCN(CC(=O)Nc1ccccc1SC)C1CCNC1. The number of carbonyl (C=O) groups is 1. The second-order valence-electron chi connectivity index (χ2n) is 5.37. The van der Waals surface area contributed by atoms with Crippen LogP contribution in [0, 0.1) is 0 Å². The summed E-state index contributed by atoms with van der Waals surface area (Å²) in [6.07, 6.45) is 4.23. The Balaban J connectivity index is 1.95. The minimum absolute atomic E-state index is 0.0804. The first-order valence-electron chi connectivity index (χ1n) is 7.62. The number of rotatable bonds is 7. The molecule has 1 aromatic rings. The number of hydrogen-bond acceptors (Lipinski definition) is 4. The van der Waals surface area contributed by atoms with Gasteiger partial charge in [0.05, 0.1) is 12.2 Å². The molecule has 1 aliphatic rings. The molecule has 5 heteroatoms. The largest absolute Gasteiger partial charge is 0.324 e. The van der Waals surface area contributed by atoms with Crippen molar-refractivity contribution >= 4 is 23.4 Å². The van der Waals surface area contributed by atoms with Gasteiger partial charge in [-0.15, -0.1) is 11.8 Å². The van der Waals surface area contributed by atoms with Crippen molar-refractivity contribution in [3.05, 3.63) is 24.3 Å². The van der Waals surface area contributed by atoms with Crippen molar-refractivity contribution in [2.75, 3.05) is 37.8 Å². The molecule has 2 N–H and O–H groups in total. The summed E-state index contributed by atoms with van der Waals surface area (Å²) in [5, 5.41) is 6.43. The normalized spacial score (nSPS) is 18.1. The monoisotopic (exact) mass is 307 g/mol. The van der Waals surface area contributed by atoms with Crippen molar-refractivity contribution in [1.82, 2.24) is 10.2 Å². The molecule has 0 aliphatic carbocycles. The van der Waals surface area contributed by atoms with Crippen LogP contribution in [-0.2, 0) is 4.79 Å². The van der Waals surface area contributed by atoms with Gasteiger partial charge in [0.1, 0.15) is 0 Å². The van der Waals surface area contributed by atoms with Crippen LogP contribution in [0.4, 0.5) is 5.69 Å². The molecular formula is C16H25N3OS. The number of carbonyl (C=O) groups excluding carboxylic acids is 1. The molecule has 1 aliphatic heterocycles. The Morgan fingerprint density at radius 3 is 2.95 bits per heavy atom. The van der Waals surface area contributed by atoms with E-state index in [0.29, 0.717) is 12.6 Å². The van der Waals surface area contributed by atoms with Crippen molar-refractivity contribution in [2.45, 2.75) is 30.7 Å². The Morgan fingerprint density at radius 2 is 2.29 bits per heavy atom. The molecule has 1 fully saturated rings. The second-order valence-corrected chi connectivity index (χ2v) is 6.21. The molecule has 0 bridgehead atoms. The highest BCUT2D eigenvalue weighted by atomic mass is 32.2. The third-order valence-corrected chi connectivity index (χ3v) is 4.59. The minimum Gasteiger partial charge on any atom is -0.324 e. The van der Waals surface area contributed by atoms with Crippen LogP contribution >= 0.6 is 11.8 Å². The van der Waals surface area contributed by atoms with Gasteiger partial charge in [-0.2, -0.15) is 0 Å². The van der Waals surface area contributed by atoms with Crippen LogP contribution < -0.4 is 10.6 Å². The Hall–Kier alpha value is -1.04. The van der Waals surface area contributed by atoms with Crippen LogP contribution in [0.5, 0.6) is 0 Å². The van der Waals surface area contributed by atoms with Gasteiger partial charge in [0, 0.05) is 17.5 Å². The Kier molecular flexibility index (Phi) is 6.54. The second kappa shape index (κ2) is 8.41. The number of amides is 1. The smallest absolute Gasteiger partial charge is 0.238 e. The summed E-state index contributed by atoms with van der Waals surface area (Å²) in [6, 6.07) is 8.44. The van der Waals surface area contributed by atoms with Gasteiger partial charge < -0.3 is 10.6 Å². The lowest BCUT2D eigenvalue weighted by atomic mass is 10.2. The third-order valence-electron chi connectivity index (χ3n) is 3.79. The van der Waals surface area contributed by atoms with Gasteiger partial charge in [0.15, 0.2) is 0 Å². The first kappa shape index (κ1) is 16.3. The molecule has 1 amide bonds. The van der Waals surface area contributed by atoms with Crippen LogP contribution in [0.2, 0.25) is 0 Å². The van der Waals surface area contributed by atoms with Crippen LogP contribution in [0.3, 0.4) is 0 Å². The van der Waals surface area contributed by atoms with Crippen molar-refractivity contribution in [1.29, 1.82) is 0 Å². The van der Waals surface area contributed by atoms with E-state index in [0.717, 1.165) is 43.1 Å². The number of anilines is 1. The van der Waals surface area contributed by atoms with Gasteiger partial charge in [-0.1, -0.05) is 19.1 Å². The minimum atomic E-state index is 0.0804. The summed E-state index contributed by atoms with van der Waals surface area (Å²) in [6.45, 7) is 5.67. The lowest BCUT2D eigenvalue weighted by molar-refractivity contribution is -0.117. The molecule has 0 saturated carbocycles. The molecule has 1 saturated heterocycles. The van der Waals surface area contributed by atoms with Gasteiger partial charge in [-0.05, 0) is 44.3 Å². The van der Waals surface area contributed by atoms with E-state index in [1.165, 1.54) is 0 Å². The number of thioether (sulfide) groups is 1. The average molecular weight is 307 g/mol. The lowest BCUT2D eigenvalue weighted by Gasteiger charge is -2.27. The molecule has 1 heterocycles. The molecule has 1 atom stereocenters. The van der Waals surface area contributed by atoms with Crippen molar-refractivity contribution < 1.29 is 4.79 Å². The zero-order valence-corrected chi connectivity index (χ0v) is 13.7. The summed E-state index contributed by atoms with van der Waals surface area (Å²) in [5.74, 6) is 0.0804. The molecule has 0 radical (unpaired) electrons. The van der Waals surface area contributed by atoms with E-state index < -0.39 is 0 Å². The first-order chi connectivity index (χ1) is 10.2. The highest BCUT2D eigenvalue weighted by Gasteiger charge is 2.23. The number of benzene rings is 1. The fourth-order valence-electron chi connectivity index (χ4n) is 2.75. The quantitative estimate of drug-likeness (QED) is 0.759. The Labute approximate surface area is 131 Å². The van der Waals surface area contributed by atoms with Gasteiger partial charge in [0.2, 0.25) is 5.91 Å². The molecule has 4 nitrogen and oxygen atoms in total. The number of para-hydroxylation sites is 1. The molecule has 21 heavy (non-hydrogen) atoms. The van der Waals surface area contributed by atoms with E-state index in [1.54, 1.807) is 11.8 Å². The predicted molar refractivity (Wildman–Crippen MR) is 90.0 cm³/mol. The van der Waals surface area contributed by atoms with Crippen molar-refractivity contribution in [3.63, 3.8) is 0 Å². The van der Waals surface area contributed by atoms with Gasteiger partial charge in [-0.3, -0.25) is 9.69 Å².